The molecule has 0 amide bonds. The van der Waals surface area contributed by atoms with Crippen LogP contribution in [0.4, 0.5) is 0 Å². The summed E-state index contributed by atoms with van der Waals surface area (Å²) in [6.45, 7) is 6.97. The van der Waals surface area contributed by atoms with Crippen LogP contribution in [0.15, 0.2) is 12.4 Å². The molecule has 1 aromatic heterocycles. The van der Waals surface area contributed by atoms with Crippen LogP contribution in [0.5, 0.6) is 0 Å². The predicted molar refractivity (Wildman–Crippen MR) is 62.2 cm³/mol. The van der Waals surface area contributed by atoms with Crippen molar-refractivity contribution in [1.29, 1.82) is 0 Å². The van der Waals surface area contributed by atoms with Gasteiger partial charge in [-0.25, -0.2) is 4.98 Å². The Labute approximate surface area is 96.2 Å². The lowest BCUT2D eigenvalue weighted by Crippen LogP contribution is -2.37. The van der Waals surface area contributed by atoms with Crippen LogP contribution < -0.4 is 5.32 Å². The van der Waals surface area contributed by atoms with Crippen LogP contribution in [0.2, 0.25) is 0 Å². The molecular weight excluding hydrogens is 204 g/mol. The van der Waals surface area contributed by atoms with Gasteiger partial charge < -0.3 is 15.0 Å². The average molecular weight is 224 g/mol. The van der Waals surface area contributed by atoms with Crippen LogP contribution in [-0.4, -0.2) is 54.3 Å². The molecule has 0 aliphatic carbocycles. The molecular formula is C11H20N4O. The van der Waals surface area contributed by atoms with Crippen molar-refractivity contribution in [3.05, 3.63) is 18.2 Å². The molecule has 1 aromatic rings. The van der Waals surface area contributed by atoms with E-state index in [2.05, 4.69) is 20.2 Å². The maximum absolute atomic E-state index is 5.31. The van der Waals surface area contributed by atoms with E-state index >= 15 is 0 Å². The molecule has 2 N–H and O–H groups in total. The number of aromatic nitrogens is 2. The van der Waals surface area contributed by atoms with E-state index in [1.54, 1.807) is 6.20 Å². The molecule has 1 aliphatic heterocycles. The van der Waals surface area contributed by atoms with Crippen molar-refractivity contribution in [3.8, 4) is 0 Å². The monoisotopic (exact) mass is 224 g/mol. The van der Waals surface area contributed by atoms with E-state index in [0.717, 1.165) is 51.8 Å². The Balaban J connectivity index is 1.48. The lowest BCUT2D eigenvalue weighted by atomic mass is 10.3. The van der Waals surface area contributed by atoms with Crippen molar-refractivity contribution in [1.82, 2.24) is 20.2 Å². The van der Waals surface area contributed by atoms with Gasteiger partial charge in [0.05, 0.1) is 19.8 Å². The normalized spacial score (nSPS) is 17.8. The topological polar surface area (TPSA) is 53.2 Å². The first-order valence-electron chi connectivity index (χ1n) is 5.94. The van der Waals surface area contributed by atoms with E-state index in [9.17, 15) is 0 Å². The number of nitrogens with zero attached hydrogens (tertiary/aromatic N) is 2. The summed E-state index contributed by atoms with van der Waals surface area (Å²) in [7, 11) is 0. The minimum atomic E-state index is 0.829. The summed E-state index contributed by atoms with van der Waals surface area (Å²) in [5.74, 6) is 1.01. The average Bonchev–Trinajstić information content (AvgIpc) is 2.83. The lowest BCUT2D eigenvalue weighted by molar-refractivity contribution is 0.0374. The van der Waals surface area contributed by atoms with E-state index in [0.29, 0.717) is 0 Å². The zero-order chi connectivity index (χ0) is 11.1. The van der Waals surface area contributed by atoms with Gasteiger partial charge >= 0.3 is 0 Å². The highest BCUT2D eigenvalue weighted by atomic mass is 16.5. The first-order chi connectivity index (χ1) is 7.95. The lowest BCUT2D eigenvalue weighted by Gasteiger charge is -2.26. The second kappa shape index (κ2) is 6.62. The summed E-state index contributed by atoms with van der Waals surface area (Å²) >= 11 is 0. The molecule has 5 nitrogen and oxygen atoms in total. The molecule has 5 heteroatoms. The molecule has 2 heterocycles. The molecule has 16 heavy (non-hydrogen) atoms. The largest absolute Gasteiger partial charge is 0.379 e. The van der Waals surface area contributed by atoms with Crippen LogP contribution in [0, 0.1) is 0 Å². The molecule has 1 fully saturated rings. The number of rotatable bonds is 6. The van der Waals surface area contributed by atoms with Crippen molar-refractivity contribution in [3.63, 3.8) is 0 Å². The summed E-state index contributed by atoms with van der Waals surface area (Å²) in [5.41, 5.74) is 0. The molecule has 0 spiro atoms. The van der Waals surface area contributed by atoms with E-state index in [1.807, 2.05) is 6.20 Å². The second-order valence-electron chi connectivity index (χ2n) is 4.02. The first-order valence-corrected chi connectivity index (χ1v) is 5.94. The van der Waals surface area contributed by atoms with Gasteiger partial charge in [-0.05, 0) is 19.5 Å². The summed E-state index contributed by atoms with van der Waals surface area (Å²) in [6.07, 6.45) is 4.82. The van der Waals surface area contributed by atoms with Crippen molar-refractivity contribution >= 4 is 0 Å². The van der Waals surface area contributed by atoms with Gasteiger partial charge in [0.2, 0.25) is 0 Å². The van der Waals surface area contributed by atoms with Gasteiger partial charge in [-0.15, -0.1) is 0 Å². The van der Waals surface area contributed by atoms with Gasteiger partial charge in [-0.1, -0.05) is 0 Å². The molecule has 0 saturated carbocycles. The third-order valence-corrected chi connectivity index (χ3v) is 2.78. The van der Waals surface area contributed by atoms with E-state index in [4.69, 9.17) is 4.74 Å². The van der Waals surface area contributed by atoms with Gasteiger partial charge in [0.15, 0.2) is 0 Å². The minimum absolute atomic E-state index is 0.829. The Hall–Kier alpha value is -0.910. The third kappa shape index (κ3) is 3.92. The molecule has 0 aromatic carbocycles. The number of aromatic amines is 1. The van der Waals surface area contributed by atoms with E-state index < -0.39 is 0 Å². The second-order valence-corrected chi connectivity index (χ2v) is 4.02. The fourth-order valence-electron chi connectivity index (χ4n) is 1.85. The Bertz CT molecular complexity index is 270. The van der Waals surface area contributed by atoms with E-state index in [1.165, 1.54) is 6.42 Å². The van der Waals surface area contributed by atoms with Crippen molar-refractivity contribution in [2.45, 2.75) is 13.0 Å². The molecule has 0 atom stereocenters. The van der Waals surface area contributed by atoms with Gasteiger partial charge in [-0.3, -0.25) is 4.90 Å². The molecule has 2 rings (SSSR count). The van der Waals surface area contributed by atoms with Gasteiger partial charge in [-0.2, -0.15) is 0 Å². The first kappa shape index (κ1) is 11.6. The standard InChI is InChI=1S/C11H20N4O/c1(5-15-6-8-16-9-7-15)2-12-10-11-13-3-4-14-11/h3-4,12H,1-2,5-10H2,(H,13,14). The number of hydrogen-bond acceptors (Lipinski definition) is 4. The van der Waals surface area contributed by atoms with Crippen LogP contribution in [0.3, 0.4) is 0 Å². The highest BCUT2D eigenvalue weighted by molar-refractivity contribution is 4.85. The highest BCUT2D eigenvalue weighted by Crippen LogP contribution is 1.97. The third-order valence-electron chi connectivity index (χ3n) is 2.78. The Kier molecular flexibility index (Phi) is 4.79. The summed E-state index contributed by atoms with van der Waals surface area (Å²) in [4.78, 5) is 9.69. The number of nitrogens with one attached hydrogen (secondary N) is 2. The Morgan fingerprint density at radius 2 is 2.31 bits per heavy atom. The summed E-state index contributed by atoms with van der Waals surface area (Å²) < 4.78 is 5.31. The minimum Gasteiger partial charge on any atom is -0.379 e. The van der Waals surface area contributed by atoms with Crippen LogP contribution in [0.1, 0.15) is 12.2 Å². The fraction of sp³-hybridized carbons (Fsp3) is 0.727. The predicted octanol–water partition coefficient (Wildman–Crippen LogP) is 0.222. The highest BCUT2D eigenvalue weighted by Gasteiger charge is 2.08. The zero-order valence-electron chi connectivity index (χ0n) is 9.61. The van der Waals surface area contributed by atoms with Crippen LogP contribution >= 0.6 is 0 Å². The molecule has 0 unspecified atom stereocenters. The quantitative estimate of drug-likeness (QED) is 0.679. The van der Waals surface area contributed by atoms with Crippen molar-refractivity contribution < 1.29 is 4.74 Å². The SMILES string of the molecule is c1c[nH]c(CNCCCN2CCOCC2)n1. The molecule has 0 radical (unpaired) electrons. The summed E-state index contributed by atoms with van der Waals surface area (Å²) in [6, 6.07) is 0. The molecule has 90 valence electrons. The molecule has 1 aliphatic rings. The van der Waals surface area contributed by atoms with Crippen LogP contribution in [0.25, 0.3) is 0 Å². The number of H-pyrrole nitrogens is 1. The molecule has 0 bridgehead atoms. The smallest absolute Gasteiger partial charge is 0.120 e. The van der Waals surface area contributed by atoms with Gasteiger partial charge in [0.1, 0.15) is 5.82 Å². The van der Waals surface area contributed by atoms with Gasteiger partial charge in [0, 0.05) is 25.5 Å². The fourth-order valence-corrected chi connectivity index (χ4v) is 1.85. The Morgan fingerprint density at radius 1 is 1.44 bits per heavy atom. The zero-order valence-corrected chi connectivity index (χ0v) is 9.61. The Morgan fingerprint density at radius 3 is 3.06 bits per heavy atom. The van der Waals surface area contributed by atoms with E-state index in [-0.39, 0.29) is 0 Å². The number of hydrogen-bond donors (Lipinski definition) is 2. The number of imidazole rings is 1. The van der Waals surface area contributed by atoms with Gasteiger partial charge in [0.25, 0.3) is 0 Å². The maximum atomic E-state index is 5.31. The summed E-state index contributed by atoms with van der Waals surface area (Å²) in [5, 5.41) is 3.38. The number of ether oxygens (including phenoxy) is 1. The van der Waals surface area contributed by atoms with Crippen molar-refractivity contribution in [2.24, 2.45) is 0 Å². The van der Waals surface area contributed by atoms with Crippen molar-refractivity contribution in [2.75, 3.05) is 39.4 Å². The number of morpholine rings is 1. The maximum Gasteiger partial charge on any atom is 0.120 e. The molecule has 1 saturated heterocycles. The van der Waals surface area contributed by atoms with Crippen LogP contribution in [-0.2, 0) is 11.3 Å².